The first kappa shape index (κ1) is 20.1. The van der Waals surface area contributed by atoms with Crippen LogP contribution in [0.25, 0.3) is 0 Å². The molecule has 0 radical (unpaired) electrons. The number of carbonyl (C=O) groups is 1. The Labute approximate surface area is 150 Å². The topological polar surface area (TPSA) is 146 Å². The normalized spacial score (nSPS) is 28.0. The number of nitrogens with two attached hydrogens (primary N) is 1. The van der Waals surface area contributed by atoms with Crippen molar-refractivity contribution < 1.29 is 30.0 Å². The summed E-state index contributed by atoms with van der Waals surface area (Å²) in [6, 6.07) is 13.4. The number of aliphatic hydroxyl groups is 4. The molecule has 8 nitrogen and oxygen atoms in total. The lowest BCUT2D eigenvalue weighted by molar-refractivity contribution is -0.248. The molecule has 1 aliphatic heterocycles. The number of aromatic nitrogens is 1. The third-order valence-corrected chi connectivity index (χ3v) is 3.88. The van der Waals surface area contributed by atoms with E-state index in [1.807, 2.05) is 24.3 Å². The number of ketones is 1. The highest BCUT2D eigenvalue weighted by molar-refractivity contribution is 6.07. The minimum Gasteiger partial charge on any atom is -0.394 e. The highest BCUT2D eigenvalue weighted by Crippen LogP contribution is 2.17. The predicted molar refractivity (Wildman–Crippen MR) is 92.1 cm³/mol. The molecule has 26 heavy (non-hydrogen) atoms. The van der Waals surface area contributed by atoms with Crippen molar-refractivity contribution in [2.75, 3.05) is 6.61 Å². The molecule has 1 aliphatic rings. The fourth-order valence-corrected chi connectivity index (χ4v) is 2.35. The van der Waals surface area contributed by atoms with E-state index < -0.39 is 37.3 Å². The quantitative estimate of drug-likeness (QED) is 0.440. The Morgan fingerprint density at radius 2 is 1.69 bits per heavy atom. The minimum absolute atomic E-state index is 0.0359. The van der Waals surface area contributed by atoms with Gasteiger partial charge in [-0.25, -0.2) is 0 Å². The zero-order chi connectivity index (χ0) is 19.1. The molecule has 140 valence electrons. The van der Waals surface area contributed by atoms with Gasteiger partial charge in [0.2, 0.25) is 5.78 Å². The van der Waals surface area contributed by atoms with Crippen molar-refractivity contribution in [2.45, 2.75) is 30.6 Å². The molecule has 1 aromatic heterocycles. The molecule has 1 fully saturated rings. The lowest BCUT2D eigenvalue weighted by Gasteiger charge is -2.38. The van der Waals surface area contributed by atoms with Crippen molar-refractivity contribution in [1.29, 1.82) is 0 Å². The van der Waals surface area contributed by atoms with Crippen LogP contribution in [0.5, 0.6) is 0 Å². The van der Waals surface area contributed by atoms with Gasteiger partial charge in [-0.3, -0.25) is 9.78 Å². The lowest BCUT2D eigenvalue weighted by atomic mass is 9.98. The van der Waals surface area contributed by atoms with E-state index in [0.717, 1.165) is 0 Å². The molecule has 0 bridgehead atoms. The van der Waals surface area contributed by atoms with Crippen LogP contribution in [0.4, 0.5) is 0 Å². The molecule has 6 N–H and O–H groups in total. The molecule has 5 atom stereocenters. The molecule has 0 saturated carbocycles. The Morgan fingerprint density at radius 1 is 1.04 bits per heavy atom. The van der Waals surface area contributed by atoms with Crippen molar-refractivity contribution in [3.63, 3.8) is 0 Å². The first-order valence-electron chi connectivity index (χ1n) is 8.02. The highest BCUT2D eigenvalue weighted by Gasteiger charge is 2.41. The van der Waals surface area contributed by atoms with Crippen LogP contribution in [-0.2, 0) is 4.74 Å². The van der Waals surface area contributed by atoms with Crippen molar-refractivity contribution >= 4 is 5.78 Å². The van der Waals surface area contributed by atoms with E-state index in [4.69, 9.17) is 20.7 Å². The van der Waals surface area contributed by atoms with Crippen LogP contribution in [0.15, 0.2) is 54.7 Å². The van der Waals surface area contributed by atoms with E-state index >= 15 is 0 Å². The molecule has 3 rings (SSSR count). The van der Waals surface area contributed by atoms with Crippen LogP contribution in [0.2, 0.25) is 0 Å². The van der Waals surface area contributed by atoms with Gasteiger partial charge in [-0.15, -0.1) is 0 Å². The van der Waals surface area contributed by atoms with Gasteiger partial charge in [0, 0.05) is 11.8 Å². The predicted octanol–water partition coefficient (Wildman–Crippen LogP) is -0.942. The van der Waals surface area contributed by atoms with Gasteiger partial charge in [-0.1, -0.05) is 36.4 Å². The van der Waals surface area contributed by atoms with Gasteiger partial charge in [0.25, 0.3) is 0 Å². The van der Waals surface area contributed by atoms with E-state index in [1.165, 1.54) is 0 Å². The molecule has 1 aromatic carbocycles. The second kappa shape index (κ2) is 9.48. The molecular formula is C18H22N2O6. The largest absolute Gasteiger partial charge is 0.394 e. The van der Waals surface area contributed by atoms with Crippen molar-refractivity contribution in [1.82, 2.24) is 4.98 Å². The summed E-state index contributed by atoms with van der Waals surface area (Å²) in [6.07, 6.45) is -3.23. The van der Waals surface area contributed by atoms with Gasteiger partial charge < -0.3 is 30.9 Å². The van der Waals surface area contributed by atoms with Gasteiger partial charge in [-0.05, 0) is 12.1 Å². The number of pyridine rings is 1. The van der Waals surface area contributed by atoms with Gasteiger partial charge in [0.1, 0.15) is 24.0 Å². The van der Waals surface area contributed by atoms with E-state index in [9.17, 15) is 15.0 Å². The van der Waals surface area contributed by atoms with E-state index in [1.54, 1.807) is 30.5 Å². The van der Waals surface area contributed by atoms with Crippen LogP contribution in [0.1, 0.15) is 16.1 Å². The number of hydrogen-bond acceptors (Lipinski definition) is 8. The summed E-state index contributed by atoms with van der Waals surface area (Å²) in [7, 11) is 0. The first-order valence-corrected chi connectivity index (χ1v) is 8.02. The summed E-state index contributed by atoms with van der Waals surface area (Å²) in [6.45, 7) is -0.470. The summed E-state index contributed by atoms with van der Waals surface area (Å²) in [5.74, 6) is -0.0359. The molecule has 0 aliphatic carbocycles. The summed E-state index contributed by atoms with van der Waals surface area (Å²) < 4.78 is 4.70. The average Bonchev–Trinajstić information content (AvgIpc) is 2.70. The highest BCUT2D eigenvalue weighted by atomic mass is 16.6. The number of nitrogens with zero attached hydrogens (tertiary/aromatic N) is 1. The van der Waals surface area contributed by atoms with Crippen LogP contribution in [0, 0.1) is 0 Å². The fourth-order valence-electron chi connectivity index (χ4n) is 2.35. The lowest BCUT2D eigenvalue weighted by Crippen LogP contribution is -2.61. The summed E-state index contributed by atoms with van der Waals surface area (Å²) >= 11 is 0. The second-order valence-corrected chi connectivity index (χ2v) is 5.72. The Kier molecular flexibility index (Phi) is 7.34. The maximum atomic E-state index is 11.8. The SMILES string of the molecule is N[C@H]1C(O)O[C@H](CO)[C@@H](O)[C@@H]1O.O=C(c1ccccc1)c1ccccn1. The molecule has 0 spiro atoms. The number of ether oxygens (including phenoxy) is 1. The summed E-state index contributed by atoms with van der Waals surface area (Å²) in [4.78, 5) is 15.8. The van der Waals surface area contributed by atoms with Gasteiger partial charge in [-0.2, -0.15) is 0 Å². The number of hydrogen-bond donors (Lipinski definition) is 5. The maximum absolute atomic E-state index is 11.8. The smallest absolute Gasteiger partial charge is 0.211 e. The van der Waals surface area contributed by atoms with E-state index in [2.05, 4.69) is 4.98 Å². The summed E-state index contributed by atoms with van der Waals surface area (Å²) in [5, 5.41) is 36.1. The minimum atomic E-state index is -1.35. The number of benzene rings is 1. The average molecular weight is 362 g/mol. The molecule has 1 unspecified atom stereocenters. The fraction of sp³-hybridized carbons (Fsp3) is 0.333. The van der Waals surface area contributed by atoms with Crippen LogP contribution >= 0.6 is 0 Å². The monoisotopic (exact) mass is 362 g/mol. The number of carbonyl (C=O) groups excluding carboxylic acids is 1. The molecule has 8 heteroatoms. The first-order chi connectivity index (χ1) is 12.5. The van der Waals surface area contributed by atoms with Crippen LogP contribution < -0.4 is 5.73 Å². The van der Waals surface area contributed by atoms with E-state index in [0.29, 0.717) is 11.3 Å². The van der Waals surface area contributed by atoms with Crippen molar-refractivity contribution in [2.24, 2.45) is 5.73 Å². The Morgan fingerprint density at radius 3 is 2.27 bits per heavy atom. The van der Waals surface area contributed by atoms with E-state index in [-0.39, 0.29) is 5.78 Å². The Hall–Kier alpha value is -2.20. The van der Waals surface area contributed by atoms with Crippen LogP contribution in [-0.4, -0.2) is 68.4 Å². The number of aliphatic hydroxyl groups excluding tert-OH is 4. The molecule has 2 heterocycles. The zero-order valence-corrected chi connectivity index (χ0v) is 13.9. The number of rotatable bonds is 3. The Balaban J connectivity index is 0.000000190. The van der Waals surface area contributed by atoms with Crippen LogP contribution in [0.3, 0.4) is 0 Å². The maximum Gasteiger partial charge on any atom is 0.211 e. The Bertz CT molecular complexity index is 638. The molecule has 1 saturated heterocycles. The third-order valence-electron chi connectivity index (χ3n) is 3.88. The van der Waals surface area contributed by atoms with Crippen molar-refractivity contribution in [3.8, 4) is 0 Å². The summed E-state index contributed by atoms with van der Waals surface area (Å²) in [5.41, 5.74) is 6.42. The molecule has 2 aromatic rings. The molecule has 0 amide bonds. The second-order valence-electron chi connectivity index (χ2n) is 5.72. The standard InChI is InChI=1S/C12H9NO.C6H13NO5/c14-12(10-6-2-1-3-7-10)11-8-4-5-9-13-11;7-3-5(10)4(9)2(1-8)12-6(3)11/h1-9H;2-6,8-11H,1,7H2/t;2-,3-,4-,5-,6?/m.1/s1. The third kappa shape index (κ3) is 4.92. The van der Waals surface area contributed by atoms with Gasteiger partial charge in [0.15, 0.2) is 6.29 Å². The van der Waals surface area contributed by atoms with Crippen molar-refractivity contribution in [3.05, 3.63) is 66.0 Å². The molecular weight excluding hydrogens is 340 g/mol. The van der Waals surface area contributed by atoms with Gasteiger partial charge in [0.05, 0.1) is 12.6 Å². The zero-order valence-electron chi connectivity index (χ0n) is 13.9. The van der Waals surface area contributed by atoms with Gasteiger partial charge >= 0.3 is 0 Å².